The number of aromatic amines is 1. The fourth-order valence-corrected chi connectivity index (χ4v) is 3.24. The van der Waals surface area contributed by atoms with Gasteiger partial charge >= 0.3 is 0 Å². The summed E-state index contributed by atoms with van der Waals surface area (Å²) < 4.78 is 5.49. The Morgan fingerprint density at radius 2 is 1.85 bits per heavy atom. The number of ether oxygens (including phenoxy) is 1. The van der Waals surface area contributed by atoms with Crippen LogP contribution in [0.2, 0.25) is 0 Å². The molecule has 0 fully saturated rings. The number of hydrogen-bond donors (Lipinski definition) is 2. The molecule has 26 heavy (non-hydrogen) atoms. The molecule has 2 heterocycles. The summed E-state index contributed by atoms with van der Waals surface area (Å²) >= 11 is 0. The highest BCUT2D eigenvalue weighted by molar-refractivity contribution is 6.15. The average Bonchev–Trinajstić information content (AvgIpc) is 3.29. The van der Waals surface area contributed by atoms with E-state index < -0.39 is 11.9 Å². The van der Waals surface area contributed by atoms with Crippen molar-refractivity contribution in [2.24, 2.45) is 0 Å². The van der Waals surface area contributed by atoms with Crippen molar-refractivity contribution in [1.82, 2.24) is 15.2 Å². The van der Waals surface area contributed by atoms with Crippen LogP contribution in [0.5, 0.6) is 5.75 Å². The normalized spacial score (nSPS) is 17.0. The Balaban J connectivity index is 1.95. The second kappa shape index (κ2) is 6.36. The zero-order valence-corrected chi connectivity index (χ0v) is 14.0. The van der Waals surface area contributed by atoms with Gasteiger partial charge in [-0.05, 0) is 11.6 Å². The molecule has 1 amide bonds. The van der Waals surface area contributed by atoms with Crippen molar-refractivity contribution in [2.45, 2.75) is 6.04 Å². The SMILES string of the molecule is COc1ccccc1C1C(c2ccccc2)=C(O)C(=O)N1c1ncn[nH]1. The van der Waals surface area contributed by atoms with Crippen LogP contribution in [0, 0.1) is 0 Å². The highest BCUT2D eigenvalue weighted by Gasteiger charge is 2.44. The van der Waals surface area contributed by atoms with E-state index >= 15 is 0 Å². The van der Waals surface area contributed by atoms with Crippen molar-refractivity contribution in [3.63, 3.8) is 0 Å². The van der Waals surface area contributed by atoms with Gasteiger partial charge in [-0.3, -0.25) is 9.69 Å². The van der Waals surface area contributed by atoms with Gasteiger partial charge in [-0.1, -0.05) is 48.5 Å². The number of carbonyl (C=O) groups is 1. The Labute approximate surface area is 149 Å². The van der Waals surface area contributed by atoms with Gasteiger partial charge in [0.1, 0.15) is 12.1 Å². The van der Waals surface area contributed by atoms with Gasteiger partial charge in [0.15, 0.2) is 5.76 Å². The molecule has 130 valence electrons. The third-order valence-electron chi connectivity index (χ3n) is 4.36. The van der Waals surface area contributed by atoms with Crippen LogP contribution in [-0.2, 0) is 4.79 Å². The topological polar surface area (TPSA) is 91.3 Å². The van der Waals surface area contributed by atoms with Gasteiger partial charge < -0.3 is 9.84 Å². The first-order valence-electron chi connectivity index (χ1n) is 8.02. The van der Waals surface area contributed by atoms with Crippen LogP contribution in [0.25, 0.3) is 5.57 Å². The number of nitrogens with zero attached hydrogens (tertiary/aromatic N) is 3. The average molecular weight is 348 g/mol. The molecule has 1 aliphatic rings. The standard InChI is InChI=1S/C19H16N4O3/c1-26-14-10-6-5-9-13(14)16-15(12-7-3-2-4-8-12)17(24)18(25)23(16)19-20-11-21-22-19/h2-11,16,24H,1H3,(H,20,21,22). The van der Waals surface area contributed by atoms with Gasteiger partial charge in [0.25, 0.3) is 5.91 Å². The molecule has 4 rings (SSSR count). The number of nitrogens with one attached hydrogen (secondary N) is 1. The Kier molecular flexibility index (Phi) is 3.89. The van der Waals surface area contributed by atoms with Gasteiger partial charge in [-0.25, -0.2) is 5.10 Å². The van der Waals surface area contributed by atoms with E-state index in [2.05, 4.69) is 15.2 Å². The van der Waals surface area contributed by atoms with E-state index in [1.807, 2.05) is 54.6 Å². The van der Waals surface area contributed by atoms with Crippen LogP contribution in [0.1, 0.15) is 17.2 Å². The van der Waals surface area contributed by atoms with Crippen LogP contribution in [0.15, 0.2) is 66.7 Å². The maximum atomic E-state index is 12.9. The largest absolute Gasteiger partial charge is 0.503 e. The lowest BCUT2D eigenvalue weighted by Crippen LogP contribution is -2.31. The Morgan fingerprint density at radius 1 is 1.12 bits per heavy atom. The number of aliphatic hydroxyl groups is 1. The third-order valence-corrected chi connectivity index (χ3v) is 4.36. The number of aliphatic hydroxyl groups excluding tert-OH is 1. The van der Waals surface area contributed by atoms with Gasteiger partial charge in [0, 0.05) is 11.1 Å². The van der Waals surface area contributed by atoms with E-state index in [1.54, 1.807) is 7.11 Å². The molecule has 1 atom stereocenters. The number of rotatable bonds is 4. The van der Waals surface area contributed by atoms with Crippen LogP contribution >= 0.6 is 0 Å². The number of carbonyl (C=O) groups excluding carboxylic acids is 1. The molecule has 1 unspecified atom stereocenters. The predicted molar refractivity (Wildman–Crippen MR) is 95.6 cm³/mol. The molecule has 0 bridgehead atoms. The molecule has 0 radical (unpaired) electrons. The molecular formula is C19H16N4O3. The molecule has 0 aliphatic carbocycles. The van der Waals surface area contributed by atoms with E-state index in [4.69, 9.17) is 4.74 Å². The fraction of sp³-hybridized carbons (Fsp3) is 0.105. The second-order valence-corrected chi connectivity index (χ2v) is 5.76. The van der Waals surface area contributed by atoms with E-state index in [1.165, 1.54) is 11.2 Å². The summed E-state index contributed by atoms with van der Waals surface area (Å²) in [6, 6.07) is 16.1. The molecular weight excluding hydrogens is 332 g/mol. The summed E-state index contributed by atoms with van der Waals surface area (Å²) in [6.07, 6.45) is 1.32. The Morgan fingerprint density at radius 3 is 2.54 bits per heavy atom. The summed E-state index contributed by atoms with van der Waals surface area (Å²) in [5.74, 6) is 0.00125. The molecule has 7 nitrogen and oxygen atoms in total. The number of anilines is 1. The van der Waals surface area contributed by atoms with Crippen molar-refractivity contribution in [1.29, 1.82) is 0 Å². The quantitative estimate of drug-likeness (QED) is 0.756. The first-order chi connectivity index (χ1) is 12.7. The van der Waals surface area contributed by atoms with Crippen molar-refractivity contribution in [3.8, 4) is 5.75 Å². The lowest BCUT2D eigenvalue weighted by atomic mass is 9.93. The summed E-state index contributed by atoms with van der Waals surface area (Å²) in [5, 5.41) is 17.2. The fourth-order valence-electron chi connectivity index (χ4n) is 3.24. The van der Waals surface area contributed by atoms with Crippen LogP contribution in [0.4, 0.5) is 5.95 Å². The first-order valence-corrected chi connectivity index (χ1v) is 8.02. The summed E-state index contributed by atoms with van der Waals surface area (Å²) in [4.78, 5) is 18.4. The molecule has 0 saturated heterocycles. The summed E-state index contributed by atoms with van der Waals surface area (Å²) in [7, 11) is 1.57. The maximum absolute atomic E-state index is 12.9. The highest BCUT2D eigenvalue weighted by atomic mass is 16.5. The molecule has 1 aromatic heterocycles. The minimum absolute atomic E-state index is 0.253. The number of benzene rings is 2. The number of aromatic nitrogens is 3. The van der Waals surface area contributed by atoms with E-state index in [0.29, 0.717) is 11.3 Å². The zero-order chi connectivity index (χ0) is 18.1. The van der Waals surface area contributed by atoms with Crippen molar-refractivity contribution in [3.05, 3.63) is 77.8 Å². The number of H-pyrrole nitrogens is 1. The second-order valence-electron chi connectivity index (χ2n) is 5.76. The van der Waals surface area contributed by atoms with Gasteiger partial charge in [-0.2, -0.15) is 10.1 Å². The van der Waals surface area contributed by atoms with Crippen LogP contribution < -0.4 is 9.64 Å². The van der Waals surface area contributed by atoms with E-state index in [9.17, 15) is 9.90 Å². The molecule has 3 aromatic rings. The van der Waals surface area contributed by atoms with Crippen molar-refractivity contribution < 1.29 is 14.6 Å². The maximum Gasteiger partial charge on any atom is 0.296 e. The highest BCUT2D eigenvalue weighted by Crippen LogP contribution is 2.46. The monoisotopic (exact) mass is 348 g/mol. The smallest absolute Gasteiger partial charge is 0.296 e. The number of methoxy groups -OCH3 is 1. The lowest BCUT2D eigenvalue weighted by Gasteiger charge is -2.26. The number of amides is 1. The van der Waals surface area contributed by atoms with Crippen LogP contribution in [-0.4, -0.2) is 33.3 Å². The van der Waals surface area contributed by atoms with Crippen molar-refractivity contribution in [2.75, 3.05) is 12.0 Å². The molecule has 2 N–H and O–H groups in total. The number of hydrogen-bond acceptors (Lipinski definition) is 5. The summed E-state index contributed by atoms with van der Waals surface area (Å²) in [6.45, 7) is 0. The Hall–Kier alpha value is -3.61. The molecule has 1 aliphatic heterocycles. The van der Waals surface area contributed by atoms with E-state index in [0.717, 1.165) is 11.1 Å². The Bertz CT molecular complexity index is 967. The minimum atomic E-state index is -0.603. The third kappa shape index (κ3) is 2.41. The minimum Gasteiger partial charge on any atom is -0.503 e. The van der Waals surface area contributed by atoms with Gasteiger partial charge in [0.05, 0.1) is 13.2 Å². The van der Waals surface area contributed by atoms with Crippen LogP contribution in [0.3, 0.4) is 0 Å². The molecule has 0 saturated carbocycles. The van der Waals surface area contributed by atoms with E-state index in [-0.39, 0.29) is 11.7 Å². The zero-order valence-electron chi connectivity index (χ0n) is 14.0. The lowest BCUT2D eigenvalue weighted by molar-refractivity contribution is -0.117. The predicted octanol–water partition coefficient (Wildman–Crippen LogP) is 2.87. The molecule has 7 heteroatoms. The number of para-hydroxylation sites is 1. The first kappa shape index (κ1) is 15.9. The molecule has 0 spiro atoms. The van der Waals surface area contributed by atoms with Crippen molar-refractivity contribution >= 4 is 17.4 Å². The molecule has 2 aromatic carbocycles. The van der Waals surface area contributed by atoms with Gasteiger partial charge in [-0.15, -0.1) is 0 Å². The summed E-state index contributed by atoms with van der Waals surface area (Å²) in [5.41, 5.74) is 1.98. The van der Waals surface area contributed by atoms with Gasteiger partial charge in [0.2, 0.25) is 5.95 Å².